The highest BCUT2D eigenvalue weighted by molar-refractivity contribution is 5.78. The van der Waals surface area contributed by atoms with Gasteiger partial charge in [0.1, 0.15) is 0 Å². The third-order valence-electron chi connectivity index (χ3n) is 3.93. The molecule has 0 saturated carbocycles. The van der Waals surface area contributed by atoms with Crippen molar-refractivity contribution in [2.45, 2.75) is 39.0 Å². The van der Waals surface area contributed by atoms with E-state index in [-0.39, 0.29) is 12.6 Å². The van der Waals surface area contributed by atoms with Gasteiger partial charge in [-0.3, -0.25) is 4.79 Å². The minimum Gasteiger partial charge on any atom is -0.481 e. The topological polar surface area (TPSA) is 78.9 Å². The van der Waals surface area contributed by atoms with Gasteiger partial charge in [-0.15, -0.1) is 0 Å². The highest BCUT2D eigenvalue weighted by atomic mass is 16.5. The number of carbonyl (C=O) groups is 2. The number of carbonyl (C=O) groups excluding carboxylic acids is 1. The van der Waals surface area contributed by atoms with Crippen molar-refractivity contribution in [1.82, 2.24) is 10.2 Å². The predicted octanol–water partition coefficient (Wildman–Crippen LogP) is 1.70. The Labute approximate surface area is 120 Å². The molecule has 2 N–H and O–H groups in total. The van der Waals surface area contributed by atoms with Crippen molar-refractivity contribution in [3.05, 3.63) is 0 Å². The highest BCUT2D eigenvalue weighted by Gasteiger charge is 2.40. The Morgan fingerprint density at radius 3 is 2.50 bits per heavy atom. The van der Waals surface area contributed by atoms with E-state index in [4.69, 9.17) is 4.74 Å². The van der Waals surface area contributed by atoms with E-state index in [1.807, 2.05) is 0 Å². The minimum atomic E-state index is -0.877. The van der Waals surface area contributed by atoms with Crippen molar-refractivity contribution in [1.29, 1.82) is 0 Å². The number of hydrogen-bond donors (Lipinski definition) is 2. The second-order valence-corrected chi connectivity index (χ2v) is 5.49. The fraction of sp³-hybridized carbons (Fsp3) is 0.857. The first-order chi connectivity index (χ1) is 9.52. The molecule has 1 rings (SSSR count). The quantitative estimate of drug-likeness (QED) is 0.698. The molecule has 20 heavy (non-hydrogen) atoms. The summed E-state index contributed by atoms with van der Waals surface area (Å²) in [5.74, 6) is -0.852. The van der Waals surface area contributed by atoms with Crippen molar-refractivity contribution < 1.29 is 19.4 Å². The van der Waals surface area contributed by atoms with Crippen LogP contribution >= 0.6 is 0 Å². The van der Waals surface area contributed by atoms with E-state index in [1.165, 1.54) is 0 Å². The monoisotopic (exact) mass is 286 g/mol. The zero-order valence-corrected chi connectivity index (χ0v) is 12.5. The normalized spacial score (nSPS) is 17.5. The van der Waals surface area contributed by atoms with Crippen molar-refractivity contribution in [3.8, 4) is 0 Å². The number of carboxylic acids is 1. The highest BCUT2D eigenvalue weighted by Crippen LogP contribution is 2.30. The van der Waals surface area contributed by atoms with Gasteiger partial charge in [0, 0.05) is 33.4 Å². The molecule has 1 fully saturated rings. The summed E-state index contributed by atoms with van der Waals surface area (Å²) in [4.78, 5) is 25.0. The average Bonchev–Trinajstić information content (AvgIpc) is 2.45. The lowest BCUT2D eigenvalue weighted by Gasteiger charge is -2.33. The van der Waals surface area contributed by atoms with Gasteiger partial charge < -0.3 is 20.1 Å². The van der Waals surface area contributed by atoms with Gasteiger partial charge in [0.05, 0.1) is 5.41 Å². The molecule has 0 aromatic carbocycles. The first kappa shape index (κ1) is 16.8. The number of unbranched alkanes of at least 4 members (excludes halogenated alkanes) is 2. The maximum absolute atomic E-state index is 11.9. The van der Waals surface area contributed by atoms with Crippen molar-refractivity contribution in [2.75, 3.05) is 33.4 Å². The largest absolute Gasteiger partial charge is 0.481 e. The number of amides is 2. The summed E-state index contributed by atoms with van der Waals surface area (Å²) in [6.45, 7) is 3.86. The maximum atomic E-state index is 11.9. The summed E-state index contributed by atoms with van der Waals surface area (Å²) in [5, 5.41) is 12.1. The third-order valence-corrected chi connectivity index (χ3v) is 3.93. The summed E-state index contributed by atoms with van der Waals surface area (Å²) in [6.07, 6.45) is 4.06. The van der Waals surface area contributed by atoms with Crippen LogP contribution in [0.3, 0.4) is 0 Å². The fourth-order valence-corrected chi connectivity index (χ4v) is 2.31. The van der Waals surface area contributed by atoms with Crippen LogP contribution in [-0.2, 0) is 9.53 Å². The standard InChI is InChI=1S/C14H26N2O4/c1-3-4-5-8-16(2)13(19)15-11-14(12(17)18)6-9-20-10-7-14/h3-11H2,1-2H3,(H,15,19)(H,17,18). The van der Waals surface area contributed by atoms with Crippen molar-refractivity contribution in [3.63, 3.8) is 0 Å². The lowest BCUT2D eigenvalue weighted by atomic mass is 9.80. The molecule has 0 radical (unpaired) electrons. The van der Waals surface area contributed by atoms with Crippen LogP contribution in [0, 0.1) is 5.41 Å². The molecule has 2 amide bonds. The molecule has 0 atom stereocenters. The van der Waals surface area contributed by atoms with Gasteiger partial charge in [-0.25, -0.2) is 4.79 Å². The lowest BCUT2D eigenvalue weighted by molar-refractivity contribution is -0.154. The van der Waals surface area contributed by atoms with Crippen LogP contribution < -0.4 is 5.32 Å². The summed E-state index contributed by atoms with van der Waals surface area (Å²) in [7, 11) is 1.74. The van der Waals surface area contributed by atoms with Crippen LogP contribution in [0.1, 0.15) is 39.0 Å². The molecular weight excluding hydrogens is 260 g/mol. The first-order valence-corrected chi connectivity index (χ1v) is 7.32. The SMILES string of the molecule is CCCCCN(C)C(=O)NCC1(C(=O)O)CCOCC1. The van der Waals surface area contributed by atoms with Crippen molar-refractivity contribution >= 4 is 12.0 Å². The van der Waals surface area contributed by atoms with Crippen molar-refractivity contribution in [2.24, 2.45) is 5.41 Å². The van der Waals surface area contributed by atoms with Gasteiger partial charge in [0.2, 0.25) is 0 Å². The molecule has 0 unspecified atom stereocenters. The molecule has 0 bridgehead atoms. The van der Waals surface area contributed by atoms with Gasteiger partial charge in [-0.05, 0) is 19.3 Å². The van der Waals surface area contributed by atoms with E-state index < -0.39 is 11.4 Å². The molecule has 0 aromatic heterocycles. The summed E-state index contributed by atoms with van der Waals surface area (Å²) in [6, 6.07) is -0.201. The van der Waals surface area contributed by atoms with Gasteiger partial charge in [0.25, 0.3) is 0 Å². The number of aliphatic carboxylic acids is 1. The Bertz CT molecular complexity index is 327. The Hall–Kier alpha value is -1.30. The van der Waals surface area contributed by atoms with Crippen LogP contribution in [0.5, 0.6) is 0 Å². The number of hydrogen-bond acceptors (Lipinski definition) is 3. The van der Waals surface area contributed by atoms with Gasteiger partial charge in [0.15, 0.2) is 0 Å². The van der Waals surface area contributed by atoms with Crippen LogP contribution in [0.4, 0.5) is 4.79 Å². The average molecular weight is 286 g/mol. The number of ether oxygens (including phenoxy) is 1. The summed E-state index contributed by atoms with van der Waals surface area (Å²) >= 11 is 0. The smallest absolute Gasteiger partial charge is 0.317 e. The molecular formula is C14H26N2O4. The second kappa shape index (κ2) is 8.09. The molecule has 6 heteroatoms. The zero-order chi connectivity index (χ0) is 15.0. The number of rotatable bonds is 7. The lowest BCUT2D eigenvalue weighted by Crippen LogP contribution is -2.49. The van der Waals surface area contributed by atoms with Crippen LogP contribution in [-0.4, -0.2) is 55.4 Å². The minimum absolute atomic E-state index is 0.169. The molecule has 1 aliphatic heterocycles. The van der Waals surface area contributed by atoms with Gasteiger partial charge in [-0.2, -0.15) is 0 Å². The Balaban J connectivity index is 2.42. The number of nitrogens with one attached hydrogen (secondary N) is 1. The third kappa shape index (κ3) is 4.67. The van der Waals surface area contributed by atoms with E-state index >= 15 is 0 Å². The number of urea groups is 1. The van der Waals surface area contributed by atoms with E-state index in [9.17, 15) is 14.7 Å². The van der Waals surface area contributed by atoms with Crippen LogP contribution in [0.25, 0.3) is 0 Å². The second-order valence-electron chi connectivity index (χ2n) is 5.49. The predicted molar refractivity (Wildman–Crippen MR) is 75.7 cm³/mol. The van der Waals surface area contributed by atoms with Crippen LogP contribution in [0.2, 0.25) is 0 Å². The van der Waals surface area contributed by atoms with Gasteiger partial charge >= 0.3 is 12.0 Å². The van der Waals surface area contributed by atoms with E-state index in [1.54, 1.807) is 11.9 Å². The van der Waals surface area contributed by atoms with Gasteiger partial charge in [-0.1, -0.05) is 19.8 Å². The molecule has 0 aromatic rings. The Kier molecular flexibility index (Phi) is 6.78. The first-order valence-electron chi connectivity index (χ1n) is 7.32. The molecule has 1 aliphatic rings. The number of nitrogens with zero attached hydrogens (tertiary/aromatic N) is 1. The molecule has 0 spiro atoms. The van der Waals surface area contributed by atoms with E-state index in [0.717, 1.165) is 19.3 Å². The number of carboxylic acid groups (broad SMARTS) is 1. The Morgan fingerprint density at radius 2 is 1.95 bits per heavy atom. The van der Waals surface area contributed by atoms with E-state index in [0.29, 0.717) is 32.6 Å². The molecule has 0 aliphatic carbocycles. The molecule has 116 valence electrons. The molecule has 1 heterocycles. The molecule has 1 saturated heterocycles. The summed E-state index contributed by atoms with van der Waals surface area (Å²) < 4.78 is 5.21. The van der Waals surface area contributed by atoms with E-state index in [2.05, 4.69) is 12.2 Å². The maximum Gasteiger partial charge on any atom is 0.317 e. The fourth-order valence-electron chi connectivity index (χ4n) is 2.31. The summed E-state index contributed by atoms with van der Waals surface area (Å²) in [5.41, 5.74) is -0.877. The Morgan fingerprint density at radius 1 is 1.30 bits per heavy atom. The van der Waals surface area contributed by atoms with Crippen LogP contribution in [0.15, 0.2) is 0 Å². The molecule has 6 nitrogen and oxygen atoms in total. The zero-order valence-electron chi connectivity index (χ0n) is 12.5.